The Morgan fingerprint density at radius 1 is 1.33 bits per heavy atom. The predicted molar refractivity (Wildman–Crippen MR) is 88.5 cm³/mol. The molecule has 3 rings (SSSR count). The zero-order valence-electron chi connectivity index (χ0n) is 14.3. The van der Waals surface area contributed by atoms with E-state index < -0.39 is 0 Å². The Morgan fingerprint density at radius 2 is 2.17 bits per heavy atom. The second-order valence-electron chi connectivity index (χ2n) is 6.69. The molecule has 0 radical (unpaired) electrons. The molecular formula is C18H25FN2O3. The molecule has 0 bridgehead atoms. The molecule has 6 heteroatoms. The van der Waals surface area contributed by atoms with Gasteiger partial charge in [-0.2, -0.15) is 0 Å². The summed E-state index contributed by atoms with van der Waals surface area (Å²) in [6, 6.07) is 4.84. The molecule has 0 spiro atoms. The number of carbonyl (C=O) groups excluding carboxylic acids is 1. The van der Waals surface area contributed by atoms with Crippen LogP contribution in [0, 0.1) is 5.82 Å². The minimum atomic E-state index is -0.328. The van der Waals surface area contributed by atoms with Crippen molar-refractivity contribution in [1.82, 2.24) is 10.2 Å². The van der Waals surface area contributed by atoms with Crippen LogP contribution in [0.2, 0.25) is 0 Å². The third-order valence-electron chi connectivity index (χ3n) is 4.66. The summed E-state index contributed by atoms with van der Waals surface area (Å²) < 4.78 is 24.9. The van der Waals surface area contributed by atoms with Gasteiger partial charge in [-0.05, 0) is 31.7 Å². The number of nitrogens with zero attached hydrogens (tertiary/aromatic N) is 1. The van der Waals surface area contributed by atoms with Crippen molar-refractivity contribution in [2.45, 2.75) is 43.9 Å². The number of likely N-dealkylation sites (N-methyl/N-ethyl adjacent to an activating group) is 1. The number of benzene rings is 1. The van der Waals surface area contributed by atoms with Crippen molar-refractivity contribution in [2.75, 3.05) is 27.2 Å². The van der Waals surface area contributed by atoms with E-state index in [1.54, 1.807) is 25.1 Å². The van der Waals surface area contributed by atoms with E-state index in [4.69, 9.17) is 9.47 Å². The van der Waals surface area contributed by atoms with Gasteiger partial charge in [-0.1, -0.05) is 6.07 Å². The Hall–Kier alpha value is -1.66. The van der Waals surface area contributed by atoms with Crippen molar-refractivity contribution in [2.24, 2.45) is 0 Å². The van der Waals surface area contributed by atoms with Crippen LogP contribution < -0.4 is 10.1 Å². The molecule has 5 nitrogen and oxygen atoms in total. The summed E-state index contributed by atoms with van der Waals surface area (Å²) >= 11 is 0. The number of amides is 1. The highest BCUT2D eigenvalue weighted by Gasteiger charge is 2.32. The summed E-state index contributed by atoms with van der Waals surface area (Å²) in [5.74, 6) is 0.373. The van der Waals surface area contributed by atoms with Crippen molar-refractivity contribution in [1.29, 1.82) is 0 Å². The highest BCUT2D eigenvalue weighted by Crippen LogP contribution is 2.32. The molecule has 24 heavy (non-hydrogen) atoms. The van der Waals surface area contributed by atoms with Gasteiger partial charge in [-0.25, -0.2) is 4.39 Å². The number of hydrogen-bond donors (Lipinski definition) is 1. The van der Waals surface area contributed by atoms with Crippen LogP contribution >= 0.6 is 0 Å². The van der Waals surface area contributed by atoms with Gasteiger partial charge in [0.1, 0.15) is 17.7 Å². The molecule has 1 aromatic rings. The van der Waals surface area contributed by atoms with Gasteiger partial charge in [0.25, 0.3) is 5.91 Å². The molecular weight excluding hydrogens is 311 g/mol. The average Bonchev–Trinajstić information content (AvgIpc) is 2.94. The lowest BCUT2D eigenvalue weighted by Crippen LogP contribution is -2.35. The third kappa shape index (κ3) is 3.87. The Kier molecular flexibility index (Phi) is 5.36. The number of carbonyl (C=O) groups is 1. The lowest BCUT2D eigenvalue weighted by molar-refractivity contribution is -0.140. The van der Waals surface area contributed by atoms with Crippen LogP contribution in [0.25, 0.3) is 0 Å². The standard InChI is InChI=1S/C18H25FN2O3/c1-21(2)18(22)16-8-6-13(24-16)11-20-15-4-3-9-23-17-10-12(19)5-7-14(15)17/h5,7,10,13,15-16,20H,3-4,6,8-9,11H2,1-2H3/t13-,15-,16+/m1/s1. The maximum absolute atomic E-state index is 13.4. The maximum Gasteiger partial charge on any atom is 0.251 e. The van der Waals surface area contributed by atoms with E-state index in [0.29, 0.717) is 18.9 Å². The van der Waals surface area contributed by atoms with Crippen LogP contribution in [-0.2, 0) is 9.53 Å². The van der Waals surface area contributed by atoms with Gasteiger partial charge in [-0.15, -0.1) is 0 Å². The Labute approximate surface area is 142 Å². The van der Waals surface area contributed by atoms with Gasteiger partial charge in [-0.3, -0.25) is 4.79 Å². The van der Waals surface area contributed by atoms with E-state index in [2.05, 4.69) is 5.32 Å². The summed E-state index contributed by atoms with van der Waals surface area (Å²) in [4.78, 5) is 13.5. The molecule has 1 fully saturated rings. The molecule has 0 saturated carbocycles. The summed E-state index contributed by atoms with van der Waals surface area (Å²) in [5.41, 5.74) is 0.993. The third-order valence-corrected chi connectivity index (χ3v) is 4.66. The molecule has 2 aliphatic heterocycles. The van der Waals surface area contributed by atoms with E-state index in [1.165, 1.54) is 12.1 Å². The normalized spacial score (nSPS) is 26.4. The average molecular weight is 336 g/mol. The van der Waals surface area contributed by atoms with Crippen molar-refractivity contribution in [3.63, 3.8) is 0 Å². The Balaban J connectivity index is 1.58. The van der Waals surface area contributed by atoms with Crippen molar-refractivity contribution >= 4 is 5.91 Å². The van der Waals surface area contributed by atoms with E-state index >= 15 is 0 Å². The fourth-order valence-corrected chi connectivity index (χ4v) is 3.36. The number of fused-ring (bicyclic) bond motifs is 1. The summed E-state index contributed by atoms with van der Waals surface area (Å²) in [6.45, 7) is 1.28. The van der Waals surface area contributed by atoms with Crippen LogP contribution in [0.1, 0.15) is 37.3 Å². The number of hydrogen-bond acceptors (Lipinski definition) is 4. The molecule has 2 heterocycles. The van der Waals surface area contributed by atoms with Crippen LogP contribution in [0.4, 0.5) is 4.39 Å². The van der Waals surface area contributed by atoms with Crippen molar-refractivity contribution < 1.29 is 18.7 Å². The first-order valence-electron chi connectivity index (χ1n) is 8.57. The van der Waals surface area contributed by atoms with Gasteiger partial charge in [0.2, 0.25) is 0 Å². The summed E-state index contributed by atoms with van der Waals surface area (Å²) in [6.07, 6.45) is 3.19. The predicted octanol–water partition coefficient (Wildman–Crippen LogP) is 2.26. The molecule has 2 aliphatic rings. The fourth-order valence-electron chi connectivity index (χ4n) is 3.36. The molecule has 1 N–H and O–H groups in total. The van der Waals surface area contributed by atoms with Gasteiger partial charge in [0.15, 0.2) is 0 Å². The summed E-state index contributed by atoms with van der Waals surface area (Å²) in [5, 5.41) is 3.52. The second-order valence-corrected chi connectivity index (χ2v) is 6.69. The number of nitrogens with one attached hydrogen (secondary N) is 1. The van der Waals surface area contributed by atoms with Gasteiger partial charge in [0, 0.05) is 38.3 Å². The zero-order chi connectivity index (χ0) is 17.1. The van der Waals surface area contributed by atoms with Crippen LogP contribution in [-0.4, -0.2) is 50.3 Å². The molecule has 1 amide bonds. The smallest absolute Gasteiger partial charge is 0.251 e. The van der Waals surface area contributed by atoms with Crippen LogP contribution in [0.15, 0.2) is 18.2 Å². The zero-order valence-corrected chi connectivity index (χ0v) is 14.3. The summed E-state index contributed by atoms with van der Waals surface area (Å²) in [7, 11) is 3.50. The minimum absolute atomic E-state index is 0.0289. The first-order chi connectivity index (χ1) is 11.5. The maximum atomic E-state index is 13.4. The van der Waals surface area contributed by atoms with Crippen molar-refractivity contribution in [3.8, 4) is 5.75 Å². The van der Waals surface area contributed by atoms with E-state index in [-0.39, 0.29) is 30.0 Å². The monoisotopic (exact) mass is 336 g/mol. The molecule has 0 aliphatic carbocycles. The van der Waals surface area contributed by atoms with Gasteiger partial charge < -0.3 is 19.7 Å². The van der Waals surface area contributed by atoms with E-state index in [9.17, 15) is 9.18 Å². The van der Waals surface area contributed by atoms with Crippen molar-refractivity contribution in [3.05, 3.63) is 29.6 Å². The number of rotatable bonds is 4. The Bertz CT molecular complexity index is 594. The largest absolute Gasteiger partial charge is 0.493 e. The molecule has 132 valence electrons. The molecule has 0 unspecified atom stereocenters. The quantitative estimate of drug-likeness (QED) is 0.916. The lowest BCUT2D eigenvalue weighted by atomic mass is 10.0. The number of ether oxygens (including phenoxy) is 2. The lowest BCUT2D eigenvalue weighted by Gasteiger charge is -2.21. The van der Waals surface area contributed by atoms with E-state index in [1.807, 2.05) is 0 Å². The first-order valence-corrected chi connectivity index (χ1v) is 8.57. The highest BCUT2D eigenvalue weighted by molar-refractivity contribution is 5.80. The highest BCUT2D eigenvalue weighted by atomic mass is 19.1. The number of halogens is 1. The minimum Gasteiger partial charge on any atom is -0.493 e. The van der Waals surface area contributed by atoms with E-state index in [0.717, 1.165) is 31.2 Å². The molecule has 3 atom stereocenters. The molecule has 0 aromatic heterocycles. The Morgan fingerprint density at radius 3 is 2.96 bits per heavy atom. The SMILES string of the molecule is CN(C)C(=O)[C@@H]1CC[C@H](CN[C@@H]2CCCOc3cc(F)ccc32)O1. The second kappa shape index (κ2) is 7.49. The fraction of sp³-hybridized carbons (Fsp3) is 0.611. The van der Waals surface area contributed by atoms with Gasteiger partial charge >= 0.3 is 0 Å². The van der Waals surface area contributed by atoms with Crippen LogP contribution in [0.3, 0.4) is 0 Å². The van der Waals surface area contributed by atoms with Crippen LogP contribution in [0.5, 0.6) is 5.75 Å². The topological polar surface area (TPSA) is 50.8 Å². The van der Waals surface area contributed by atoms with Gasteiger partial charge in [0.05, 0.1) is 12.7 Å². The first kappa shape index (κ1) is 17.2. The molecule has 1 saturated heterocycles. The molecule has 1 aromatic carbocycles.